The summed E-state index contributed by atoms with van der Waals surface area (Å²) in [7, 11) is 1.28. The third kappa shape index (κ3) is 9.18. The van der Waals surface area contributed by atoms with Gasteiger partial charge in [0.15, 0.2) is 5.78 Å². The van der Waals surface area contributed by atoms with Crippen LogP contribution in [0.15, 0.2) is 39.7 Å². The first-order valence-corrected chi connectivity index (χ1v) is 13.9. The van der Waals surface area contributed by atoms with Crippen molar-refractivity contribution in [3.05, 3.63) is 62.0 Å². The Morgan fingerprint density at radius 2 is 1.86 bits per heavy atom. The Bertz CT molecular complexity index is 1120. The molecule has 2 N–H and O–H groups in total. The van der Waals surface area contributed by atoms with Gasteiger partial charge in [0.05, 0.1) is 7.11 Å². The molecule has 0 bridgehead atoms. The van der Waals surface area contributed by atoms with Crippen molar-refractivity contribution < 1.29 is 23.8 Å². The van der Waals surface area contributed by atoms with Crippen LogP contribution < -0.4 is 10.9 Å². The van der Waals surface area contributed by atoms with Crippen LogP contribution in [0.1, 0.15) is 92.1 Å². The number of carbonyl (C=O) groups is 2. The fourth-order valence-electron chi connectivity index (χ4n) is 3.97. The van der Waals surface area contributed by atoms with Crippen molar-refractivity contribution in [2.45, 2.75) is 79.1 Å². The van der Waals surface area contributed by atoms with Gasteiger partial charge in [0.2, 0.25) is 0 Å². The smallest absolute Gasteiger partial charge is 0.410 e. The number of nitrogens with one attached hydrogen (secondary N) is 1. The Kier molecular flexibility index (Phi) is 12.1. The highest BCUT2D eigenvalue weighted by molar-refractivity contribution is 7.12. The van der Waals surface area contributed by atoms with Crippen LogP contribution in [0.5, 0.6) is 5.75 Å². The number of Topliss-reactive ketones (excluding diaryl/α,β-unsaturated/α-hetero) is 1. The summed E-state index contributed by atoms with van der Waals surface area (Å²) >= 11 is 1.79. The van der Waals surface area contributed by atoms with E-state index in [0.29, 0.717) is 24.5 Å². The number of alkyl carbamates (subject to hydrolysis) is 1. The van der Waals surface area contributed by atoms with E-state index in [-0.39, 0.29) is 23.1 Å². The maximum absolute atomic E-state index is 13.2. The lowest BCUT2D eigenvalue weighted by Crippen LogP contribution is -2.26. The number of allylic oxidation sites excluding steroid dienone is 1. The van der Waals surface area contributed by atoms with Crippen molar-refractivity contribution in [3.63, 3.8) is 0 Å². The highest BCUT2D eigenvalue weighted by atomic mass is 32.1. The van der Waals surface area contributed by atoms with E-state index in [1.807, 2.05) is 13.8 Å². The third-order valence-corrected chi connectivity index (χ3v) is 8.21. The van der Waals surface area contributed by atoms with Gasteiger partial charge in [-0.1, -0.05) is 47.1 Å². The number of methoxy groups -OCH3 is 1. The van der Waals surface area contributed by atoms with Crippen molar-refractivity contribution in [2.24, 2.45) is 17.8 Å². The molecule has 0 saturated carbocycles. The average molecular weight is 532 g/mol. The summed E-state index contributed by atoms with van der Waals surface area (Å²) in [5.41, 5.74) is -1.09. The Hall–Kier alpha value is -2.87. The van der Waals surface area contributed by atoms with Crippen molar-refractivity contribution in [1.82, 2.24) is 5.32 Å². The van der Waals surface area contributed by atoms with Gasteiger partial charge in [-0.3, -0.25) is 10.1 Å². The van der Waals surface area contributed by atoms with Gasteiger partial charge in [-0.15, -0.1) is 11.3 Å². The topological polar surface area (TPSA) is 106 Å². The predicted octanol–water partition coefficient (Wildman–Crippen LogP) is 6.84. The molecule has 0 radical (unpaired) electrons. The van der Waals surface area contributed by atoms with Gasteiger partial charge >= 0.3 is 11.7 Å². The van der Waals surface area contributed by atoms with Crippen LogP contribution in [0.3, 0.4) is 0 Å². The summed E-state index contributed by atoms with van der Waals surface area (Å²) < 4.78 is 9.92. The van der Waals surface area contributed by atoms with Gasteiger partial charge in [-0.05, 0) is 56.1 Å². The highest BCUT2D eigenvalue weighted by Crippen LogP contribution is 2.30. The largest absolute Gasteiger partial charge is 0.507 e. The standard InChI is InChI=1S/C29H41NO6S/c1-7-18(2)11-12-22-13-14-23(37-22)16-20(4)21(5)27(32)26-24(31)17-25(36-28(26)33)19(3)10-8-9-15-30-29(34)35-6/h9,13-15,17-21,31H,7-8,10-12,16H2,1-6H3,(H,30,34)/b15-9+/t18?,19?,20-,21?/m0/s1. The number of hydrogen-bond donors (Lipinski definition) is 2. The summed E-state index contributed by atoms with van der Waals surface area (Å²) in [5.74, 6) is -0.334. The lowest BCUT2D eigenvalue weighted by molar-refractivity contribution is 0.0885. The van der Waals surface area contributed by atoms with Gasteiger partial charge in [-0.2, -0.15) is 0 Å². The minimum Gasteiger partial charge on any atom is -0.507 e. The Balaban J connectivity index is 2.00. The van der Waals surface area contributed by atoms with Crippen LogP contribution in [0.25, 0.3) is 0 Å². The van der Waals surface area contributed by atoms with Crippen molar-refractivity contribution in [2.75, 3.05) is 7.11 Å². The summed E-state index contributed by atoms with van der Waals surface area (Å²) in [5, 5.41) is 13.0. The van der Waals surface area contributed by atoms with E-state index in [9.17, 15) is 19.5 Å². The molecule has 0 spiro atoms. The highest BCUT2D eigenvalue weighted by Gasteiger charge is 2.28. The number of ether oxygens (including phenoxy) is 1. The number of hydrogen-bond acceptors (Lipinski definition) is 7. The first kappa shape index (κ1) is 30.4. The van der Waals surface area contributed by atoms with E-state index < -0.39 is 23.4 Å². The predicted molar refractivity (Wildman–Crippen MR) is 147 cm³/mol. The summed E-state index contributed by atoms with van der Waals surface area (Å²) in [6, 6.07) is 5.68. The van der Waals surface area contributed by atoms with Crippen LogP contribution in [-0.2, 0) is 17.6 Å². The second-order valence-electron chi connectivity index (χ2n) is 9.97. The Morgan fingerprint density at radius 1 is 1.16 bits per heavy atom. The van der Waals surface area contributed by atoms with E-state index in [1.165, 1.54) is 42.0 Å². The molecule has 2 aromatic heterocycles. The van der Waals surface area contributed by atoms with E-state index in [0.717, 1.165) is 12.8 Å². The molecule has 2 rings (SSSR count). The number of aryl methyl sites for hydroxylation is 1. The van der Waals surface area contributed by atoms with E-state index in [4.69, 9.17) is 4.42 Å². The van der Waals surface area contributed by atoms with Crippen LogP contribution in [0.2, 0.25) is 0 Å². The van der Waals surface area contributed by atoms with E-state index in [1.54, 1.807) is 24.3 Å². The van der Waals surface area contributed by atoms with E-state index >= 15 is 0 Å². The summed E-state index contributed by atoms with van der Waals surface area (Å²) in [6.07, 6.45) is 8.08. The molecule has 37 heavy (non-hydrogen) atoms. The molecule has 7 nitrogen and oxygen atoms in total. The molecule has 0 aliphatic heterocycles. The molecule has 4 atom stereocenters. The molecule has 2 aromatic rings. The molecule has 0 aliphatic carbocycles. The molecular formula is C29H41NO6S. The first-order valence-electron chi connectivity index (χ1n) is 13.1. The fraction of sp³-hybridized carbons (Fsp3) is 0.552. The Morgan fingerprint density at radius 3 is 2.51 bits per heavy atom. The lowest BCUT2D eigenvalue weighted by atomic mass is 9.86. The van der Waals surface area contributed by atoms with Gasteiger partial charge in [0.1, 0.15) is 17.1 Å². The monoisotopic (exact) mass is 531 g/mol. The minimum atomic E-state index is -0.808. The third-order valence-electron chi connectivity index (χ3n) is 7.04. The molecule has 3 unspecified atom stereocenters. The number of thiophene rings is 1. The molecule has 0 fully saturated rings. The quantitative estimate of drug-likeness (QED) is 0.259. The molecule has 0 aliphatic rings. The second-order valence-corrected chi connectivity index (χ2v) is 11.2. The zero-order valence-electron chi connectivity index (χ0n) is 22.8. The normalized spacial score (nSPS) is 14.8. The Labute approximate surface area is 223 Å². The summed E-state index contributed by atoms with van der Waals surface area (Å²) in [4.78, 5) is 39.5. The first-order chi connectivity index (χ1) is 17.6. The molecule has 8 heteroatoms. The van der Waals surface area contributed by atoms with Crippen LogP contribution in [0.4, 0.5) is 4.79 Å². The van der Waals surface area contributed by atoms with Crippen LogP contribution in [-0.4, -0.2) is 24.1 Å². The van der Waals surface area contributed by atoms with Crippen molar-refractivity contribution in [3.8, 4) is 5.75 Å². The zero-order valence-corrected chi connectivity index (χ0v) is 23.7. The van der Waals surface area contributed by atoms with Gasteiger partial charge < -0.3 is 14.3 Å². The molecule has 1 amide bonds. The van der Waals surface area contributed by atoms with Gasteiger partial charge in [0.25, 0.3) is 0 Å². The number of aromatic hydroxyl groups is 1. The second kappa shape index (κ2) is 14.8. The van der Waals surface area contributed by atoms with Crippen LogP contribution in [0, 0.1) is 17.8 Å². The van der Waals surface area contributed by atoms with Crippen molar-refractivity contribution >= 4 is 23.2 Å². The minimum absolute atomic E-state index is 0.00338. The molecule has 2 heterocycles. The lowest BCUT2D eigenvalue weighted by Gasteiger charge is -2.18. The molecule has 0 saturated heterocycles. The number of rotatable bonds is 14. The van der Waals surface area contributed by atoms with E-state index in [2.05, 4.69) is 36.0 Å². The molecular weight excluding hydrogens is 490 g/mol. The number of ketones is 1. The number of amides is 1. The zero-order chi connectivity index (χ0) is 27.5. The summed E-state index contributed by atoms with van der Waals surface area (Å²) in [6.45, 7) is 10.1. The maximum Gasteiger partial charge on any atom is 0.410 e. The SMILES string of the molecule is CCC(C)CCc1ccc(C[C@H](C)C(C)C(=O)c2c(O)cc(C(C)CC/C=C/NC(=O)OC)oc2=O)s1. The fourth-order valence-corrected chi connectivity index (χ4v) is 5.14. The number of carbonyl (C=O) groups excluding carboxylic acids is 2. The average Bonchev–Trinajstić information content (AvgIpc) is 3.32. The molecule has 0 aromatic carbocycles. The van der Waals surface area contributed by atoms with Crippen molar-refractivity contribution in [1.29, 1.82) is 0 Å². The van der Waals surface area contributed by atoms with Gasteiger partial charge in [-0.25, -0.2) is 9.59 Å². The van der Waals surface area contributed by atoms with Crippen LogP contribution >= 0.6 is 11.3 Å². The van der Waals surface area contributed by atoms with Gasteiger partial charge in [0, 0.05) is 33.9 Å². The maximum atomic E-state index is 13.2. The molecule has 204 valence electrons.